The Balaban J connectivity index is 2.80. The second-order valence-corrected chi connectivity index (χ2v) is 5.40. The first-order valence-corrected chi connectivity index (χ1v) is 6.28. The van der Waals surface area contributed by atoms with Crippen LogP contribution in [0.2, 0.25) is 0 Å². The van der Waals surface area contributed by atoms with Crippen molar-refractivity contribution < 1.29 is 4.79 Å². The molecule has 1 unspecified atom stereocenters. The van der Waals surface area contributed by atoms with Crippen LogP contribution in [-0.2, 0) is 4.79 Å². The third-order valence-corrected chi connectivity index (χ3v) is 3.36. The van der Waals surface area contributed by atoms with Crippen LogP contribution in [0.5, 0.6) is 0 Å². The molecule has 0 aliphatic rings. The molecule has 1 atom stereocenters. The fourth-order valence-electron chi connectivity index (χ4n) is 1.28. The number of amides is 1. The lowest BCUT2D eigenvalue weighted by atomic mass is 9.97. The molecular weight excluding hydrogens is 266 g/mol. The molecule has 0 saturated carbocycles. The van der Waals surface area contributed by atoms with E-state index in [1.54, 1.807) is 0 Å². The van der Waals surface area contributed by atoms with Crippen molar-refractivity contribution in [1.82, 2.24) is 0 Å². The number of halogens is 1. The van der Waals surface area contributed by atoms with Crippen LogP contribution in [-0.4, -0.2) is 5.91 Å². The number of carbonyl (C=O) groups excluding carboxylic acids is 1. The molecule has 0 aliphatic heterocycles. The third kappa shape index (κ3) is 3.34. The normalized spacial score (nSPS) is 12.6. The molecule has 0 spiro atoms. The molecule has 0 heterocycles. The summed E-state index contributed by atoms with van der Waals surface area (Å²) in [5, 5.41) is 2.96. The molecule has 1 aromatic rings. The van der Waals surface area contributed by atoms with Crippen LogP contribution in [0.4, 0.5) is 5.69 Å². The van der Waals surface area contributed by atoms with E-state index in [1.165, 1.54) is 0 Å². The largest absolute Gasteiger partial charge is 0.326 e. The Bertz CT molecular complexity index is 388. The fraction of sp³-hybridized carbons (Fsp3) is 0.462. The topological polar surface area (TPSA) is 29.1 Å². The number of aryl methyl sites for hydroxylation is 1. The second kappa shape index (κ2) is 5.48. The highest BCUT2D eigenvalue weighted by molar-refractivity contribution is 9.10. The lowest BCUT2D eigenvalue weighted by Gasteiger charge is -2.16. The maximum Gasteiger partial charge on any atom is 0.227 e. The second-order valence-electron chi connectivity index (χ2n) is 4.48. The van der Waals surface area contributed by atoms with Crippen LogP contribution in [0.1, 0.15) is 26.3 Å². The van der Waals surface area contributed by atoms with Gasteiger partial charge in [-0.05, 0) is 30.5 Å². The minimum atomic E-state index is 0.0263. The van der Waals surface area contributed by atoms with Crippen LogP contribution in [0.25, 0.3) is 0 Å². The molecule has 1 aromatic carbocycles. The molecule has 1 amide bonds. The Hall–Kier alpha value is -0.830. The number of anilines is 1. The number of hydrogen-bond acceptors (Lipinski definition) is 1. The van der Waals surface area contributed by atoms with Crippen molar-refractivity contribution in [3.8, 4) is 0 Å². The first-order valence-electron chi connectivity index (χ1n) is 5.49. The van der Waals surface area contributed by atoms with E-state index >= 15 is 0 Å². The van der Waals surface area contributed by atoms with Gasteiger partial charge in [-0.15, -0.1) is 0 Å². The zero-order chi connectivity index (χ0) is 12.3. The summed E-state index contributed by atoms with van der Waals surface area (Å²) in [6, 6.07) is 5.89. The molecule has 1 rings (SSSR count). The Labute approximate surface area is 106 Å². The predicted octanol–water partition coefficient (Wildman–Crippen LogP) is 3.99. The predicted molar refractivity (Wildman–Crippen MR) is 71.5 cm³/mol. The van der Waals surface area contributed by atoms with Gasteiger partial charge in [-0.3, -0.25) is 4.79 Å². The monoisotopic (exact) mass is 283 g/mol. The quantitative estimate of drug-likeness (QED) is 0.893. The Kier molecular flexibility index (Phi) is 4.54. The summed E-state index contributed by atoms with van der Waals surface area (Å²) in [6.07, 6.45) is 0. The molecule has 3 heteroatoms. The van der Waals surface area contributed by atoms with E-state index < -0.39 is 0 Å². The highest BCUT2D eigenvalue weighted by atomic mass is 79.9. The van der Waals surface area contributed by atoms with E-state index in [0.29, 0.717) is 5.92 Å². The fourth-order valence-corrected chi connectivity index (χ4v) is 1.64. The van der Waals surface area contributed by atoms with Gasteiger partial charge in [-0.25, -0.2) is 0 Å². The zero-order valence-corrected chi connectivity index (χ0v) is 11.8. The van der Waals surface area contributed by atoms with E-state index in [-0.39, 0.29) is 11.8 Å². The van der Waals surface area contributed by atoms with E-state index in [4.69, 9.17) is 0 Å². The number of nitrogens with one attached hydrogen (secondary N) is 1. The van der Waals surface area contributed by atoms with Gasteiger partial charge >= 0.3 is 0 Å². The molecule has 0 fully saturated rings. The molecule has 1 N–H and O–H groups in total. The summed E-state index contributed by atoms with van der Waals surface area (Å²) in [4.78, 5) is 11.9. The van der Waals surface area contributed by atoms with E-state index in [9.17, 15) is 4.79 Å². The molecule has 88 valence electrons. The summed E-state index contributed by atoms with van der Waals surface area (Å²) < 4.78 is 0.977. The molecule has 0 aliphatic carbocycles. The standard InChI is InChI=1S/C13H18BrNO/c1-8(2)10(4)13(16)15-12-7-11(14)6-5-9(12)3/h5-8,10H,1-4H3,(H,15,16). The maximum atomic E-state index is 11.9. The van der Waals surface area contributed by atoms with Crippen molar-refractivity contribution in [2.75, 3.05) is 5.32 Å². The van der Waals surface area contributed by atoms with Crippen LogP contribution in [0, 0.1) is 18.8 Å². The van der Waals surface area contributed by atoms with Crippen molar-refractivity contribution in [2.45, 2.75) is 27.7 Å². The summed E-state index contributed by atoms with van der Waals surface area (Å²) in [5.74, 6) is 0.460. The number of hydrogen-bond donors (Lipinski definition) is 1. The molecule has 16 heavy (non-hydrogen) atoms. The number of carbonyl (C=O) groups is 1. The summed E-state index contributed by atoms with van der Waals surface area (Å²) in [6.45, 7) is 8.05. The minimum Gasteiger partial charge on any atom is -0.326 e. The van der Waals surface area contributed by atoms with Crippen LogP contribution in [0.15, 0.2) is 22.7 Å². The Morgan fingerprint density at radius 2 is 1.94 bits per heavy atom. The van der Waals surface area contributed by atoms with Gasteiger partial charge in [0.1, 0.15) is 0 Å². The SMILES string of the molecule is Cc1ccc(Br)cc1NC(=O)C(C)C(C)C. The summed E-state index contributed by atoms with van der Waals surface area (Å²) in [7, 11) is 0. The molecule has 0 aromatic heterocycles. The van der Waals surface area contributed by atoms with Gasteiger partial charge < -0.3 is 5.32 Å². The first-order chi connectivity index (χ1) is 7.41. The van der Waals surface area contributed by atoms with Crippen LogP contribution >= 0.6 is 15.9 Å². The van der Waals surface area contributed by atoms with Gasteiger partial charge in [0.2, 0.25) is 5.91 Å². The lowest BCUT2D eigenvalue weighted by Crippen LogP contribution is -2.24. The van der Waals surface area contributed by atoms with Gasteiger partial charge in [0, 0.05) is 16.1 Å². The van der Waals surface area contributed by atoms with Crippen molar-refractivity contribution in [1.29, 1.82) is 0 Å². The van der Waals surface area contributed by atoms with Gasteiger partial charge in [0.05, 0.1) is 0 Å². The zero-order valence-electron chi connectivity index (χ0n) is 10.2. The van der Waals surface area contributed by atoms with Crippen molar-refractivity contribution in [3.63, 3.8) is 0 Å². The number of rotatable bonds is 3. The van der Waals surface area contributed by atoms with Gasteiger partial charge in [0.25, 0.3) is 0 Å². The third-order valence-electron chi connectivity index (χ3n) is 2.87. The molecule has 2 nitrogen and oxygen atoms in total. The summed E-state index contributed by atoms with van der Waals surface area (Å²) >= 11 is 3.40. The van der Waals surface area contributed by atoms with Crippen molar-refractivity contribution in [2.24, 2.45) is 11.8 Å². The Morgan fingerprint density at radius 1 is 1.31 bits per heavy atom. The average molecular weight is 284 g/mol. The van der Waals surface area contributed by atoms with Crippen LogP contribution < -0.4 is 5.32 Å². The van der Waals surface area contributed by atoms with E-state index in [0.717, 1.165) is 15.7 Å². The smallest absolute Gasteiger partial charge is 0.227 e. The molecule has 0 radical (unpaired) electrons. The lowest BCUT2D eigenvalue weighted by molar-refractivity contribution is -0.120. The highest BCUT2D eigenvalue weighted by Crippen LogP contribution is 2.22. The minimum absolute atomic E-state index is 0.0263. The Morgan fingerprint density at radius 3 is 2.50 bits per heavy atom. The van der Waals surface area contributed by atoms with Gasteiger partial charge in [-0.1, -0.05) is 42.8 Å². The van der Waals surface area contributed by atoms with Gasteiger partial charge in [0.15, 0.2) is 0 Å². The summed E-state index contributed by atoms with van der Waals surface area (Å²) in [5.41, 5.74) is 1.96. The first kappa shape index (κ1) is 13.2. The van der Waals surface area contributed by atoms with Crippen molar-refractivity contribution >= 4 is 27.5 Å². The highest BCUT2D eigenvalue weighted by Gasteiger charge is 2.17. The average Bonchev–Trinajstić information content (AvgIpc) is 2.22. The molecule has 0 saturated heterocycles. The number of benzene rings is 1. The van der Waals surface area contributed by atoms with E-state index in [1.807, 2.05) is 32.0 Å². The maximum absolute atomic E-state index is 11.9. The van der Waals surface area contributed by atoms with Crippen molar-refractivity contribution in [3.05, 3.63) is 28.2 Å². The van der Waals surface area contributed by atoms with Gasteiger partial charge in [-0.2, -0.15) is 0 Å². The van der Waals surface area contributed by atoms with Crippen LogP contribution in [0.3, 0.4) is 0 Å². The molecule has 0 bridgehead atoms. The molecular formula is C13H18BrNO. The van der Waals surface area contributed by atoms with E-state index in [2.05, 4.69) is 35.1 Å².